The average Bonchev–Trinajstić information content (AvgIpc) is 1.37. The molecule has 0 radical (unpaired) electrons. The summed E-state index contributed by atoms with van der Waals surface area (Å²) < 4.78 is 0. The van der Waals surface area contributed by atoms with Gasteiger partial charge in [0.1, 0.15) is 0 Å². The van der Waals surface area contributed by atoms with Gasteiger partial charge >= 0.3 is 0 Å². The molecule has 1 amide bonds. The van der Waals surface area contributed by atoms with Gasteiger partial charge in [-0.25, -0.2) is 0 Å². The molecule has 0 spiro atoms. The Morgan fingerprint density at radius 1 is 1.80 bits per heavy atom. The molecule has 0 rings (SSSR count). The van der Waals surface area contributed by atoms with E-state index >= 15 is 0 Å². The van der Waals surface area contributed by atoms with Crippen molar-refractivity contribution in [3.05, 3.63) is 0 Å². The number of amides is 1. The third-order valence-electron chi connectivity index (χ3n) is 0.0589. The Balaban J connectivity index is 0. The smallest absolute Gasteiger partial charge is 0 e. The van der Waals surface area contributed by atoms with Crippen LogP contribution in [-0.2, 0) is 25.9 Å². The number of hydrogen-bond acceptors (Lipinski definition) is 2. The van der Waals surface area contributed by atoms with Gasteiger partial charge in [0.05, 0.1) is 0 Å². The standard InChI is InChI=1S/CH3N2O.W/c2-3-1-4;/h2H2,(H,3,4);/q-1;. The van der Waals surface area contributed by atoms with Crippen LogP contribution in [0.25, 0.3) is 0 Å². The van der Waals surface area contributed by atoms with E-state index in [2.05, 4.69) is 5.84 Å². The van der Waals surface area contributed by atoms with Crippen molar-refractivity contribution in [3.63, 3.8) is 0 Å². The minimum absolute atomic E-state index is 0. The van der Waals surface area contributed by atoms with Crippen molar-refractivity contribution in [3.8, 4) is 0 Å². The minimum atomic E-state index is 0. The summed E-state index contributed by atoms with van der Waals surface area (Å²) >= 11 is 0. The van der Waals surface area contributed by atoms with E-state index in [0.717, 1.165) is 0 Å². The molecule has 0 atom stereocenters. The fourth-order valence-electron chi connectivity index (χ4n) is 0. The second kappa shape index (κ2) is 8.92. The first-order valence-corrected chi connectivity index (χ1v) is 0.743. The van der Waals surface area contributed by atoms with Gasteiger partial charge in [0.25, 0.3) is 0 Å². The molecule has 0 bridgehead atoms. The van der Waals surface area contributed by atoms with Crippen LogP contribution in [0.5, 0.6) is 0 Å². The summed E-state index contributed by atoms with van der Waals surface area (Å²) in [5.74, 6) is 4.35. The van der Waals surface area contributed by atoms with Gasteiger partial charge in [0.2, 0.25) is 0 Å². The van der Waals surface area contributed by atoms with E-state index in [1.165, 1.54) is 6.41 Å². The maximum absolute atomic E-state index is 8.81. The van der Waals surface area contributed by atoms with Crippen LogP contribution in [0.15, 0.2) is 0 Å². The van der Waals surface area contributed by atoms with Crippen molar-refractivity contribution in [2.45, 2.75) is 0 Å². The quantitative estimate of drug-likeness (QED) is 0.194. The number of hydrogen-bond donors (Lipinski definition) is 2. The summed E-state index contributed by atoms with van der Waals surface area (Å²) in [6.07, 6.45) is 1.21. The van der Waals surface area contributed by atoms with Crippen molar-refractivity contribution >= 4 is 6.41 Å². The Hall–Kier alpha value is 0.118. The summed E-state index contributed by atoms with van der Waals surface area (Å²) in [6.45, 7) is 0. The molecule has 0 unspecified atom stereocenters. The zero-order valence-corrected chi connectivity index (χ0v) is 5.33. The Kier molecular flexibility index (Phi) is 15.9. The van der Waals surface area contributed by atoms with Gasteiger partial charge in [0.15, 0.2) is 0 Å². The zero-order valence-electron chi connectivity index (χ0n) is 2.39. The Morgan fingerprint density at radius 2 is 2.00 bits per heavy atom. The van der Waals surface area contributed by atoms with E-state index < -0.39 is 0 Å². The number of hydrazine groups is 1. The SMILES string of the molecule is NN[C-]=O.[W]. The van der Waals surface area contributed by atoms with Crippen molar-refractivity contribution in [1.29, 1.82) is 0 Å². The molecule has 0 aliphatic carbocycles. The van der Waals surface area contributed by atoms with Gasteiger partial charge in [-0.1, -0.05) is 0 Å². The molecule has 30 valence electrons. The monoisotopic (exact) mass is 243 g/mol. The van der Waals surface area contributed by atoms with Gasteiger partial charge in [-0.05, 0) is 0 Å². The van der Waals surface area contributed by atoms with Crippen molar-refractivity contribution in [2.75, 3.05) is 0 Å². The molecule has 0 aromatic carbocycles. The normalized spacial score (nSPS) is 4.20. The van der Waals surface area contributed by atoms with Gasteiger partial charge in [-0.3, -0.25) is 5.84 Å². The van der Waals surface area contributed by atoms with Crippen molar-refractivity contribution < 1.29 is 25.9 Å². The molecule has 0 saturated heterocycles. The summed E-state index contributed by atoms with van der Waals surface area (Å²) in [4.78, 5) is 8.81. The van der Waals surface area contributed by atoms with Crippen LogP contribution in [0, 0.1) is 0 Å². The first-order valence-electron chi connectivity index (χ1n) is 0.743. The molecule has 5 heavy (non-hydrogen) atoms. The van der Waals surface area contributed by atoms with Gasteiger partial charge in [-0.15, -0.1) is 0 Å². The average molecular weight is 243 g/mol. The van der Waals surface area contributed by atoms with Crippen molar-refractivity contribution in [2.24, 2.45) is 5.84 Å². The fourth-order valence-corrected chi connectivity index (χ4v) is 0. The topological polar surface area (TPSA) is 55.1 Å². The van der Waals surface area contributed by atoms with Gasteiger partial charge in [0, 0.05) is 21.1 Å². The summed E-state index contributed by atoms with van der Waals surface area (Å²) in [5, 5.41) is 0. The second-order valence-corrected chi connectivity index (χ2v) is 0.246. The molecule has 0 aliphatic heterocycles. The zero-order chi connectivity index (χ0) is 3.41. The van der Waals surface area contributed by atoms with E-state index in [9.17, 15) is 0 Å². The van der Waals surface area contributed by atoms with E-state index in [4.69, 9.17) is 4.79 Å². The first kappa shape index (κ1) is 8.93. The maximum atomic E-state index is 8.81. The predicted molar refractivity (Wildman–Crippen MR) is 13.0 cm³/mol. The van der Waals surface area contributed by atoms with Gasteiger partial charge < -0.3 is 10.2 Å². The summed E-state index contributed by atoms with van der Waals surface area (Å²) in [7, 11) is 0. The number of rotatable bonds is 1. The van der Waals surface area contributed by atoms with Crippen LogP contribution in [0.3, 0.4) is 0 Å². The molecule has 0 heterocycles. The van der Waals surface area contributed by atoms with Crippen LogP contribution in [0.4, 0.5) is 0 Å². The molecule has 0 saturated carbocycles. The first-order chi connectivity index (χ1) is 1.91. The van der Waals surface area contributed by atoms with Crippen LogP contribution in [-0.4, -0.2) is 6.41 Å². The minimum Gasteiger partial charge on any atom is -0.519 e. The molecule has 3 N–H and O–H groups in total. The number of nitrogens with two attached hydrogens (primary N) is 1. The predicted octanol–water partition coefficient (Wildman–Crippen LogP) is -1.49. The molecule has 0 aromatic heterocycles. The number of carbonyl (C=O) groups excluding carboxylic acids is 1. The van der Waals surface area contributed by atoms with E-state index in [0.29, 0.717) is 0 Å². The largest absolute Gasteiger partial charge is 0.519 e. The molecule has 0 aliphatic rings. The van der Waals surface area contributed by atoms with Crippen molar-refractivity contribution in [1.82, 2.24) is 5.43 Å². The third kappa shape index (κ3) is 14.8. The maximum Gasteiger partial charge on any atom is 0 e. The van der Waals surface area contributed by atoms with E-state index in [-0.39, 0.29) is 21.1 Å². The summed E-state index contributed by atoms with van der Waals surface area (Å²) in [6, 6.07) is 0. The Morgan fingerprint density at radius 3 is 2.00 bits per heavy atom. The Bertz CT molecular complexity index is 23.6. The molecule has 3 nitrogen and oxygen atoms in total. The molecular formula is CH3N2OW-. The molecular weight excluding hydrogens is 240 g/mol. The Labute approximate surface area is 44.1 Å². The van der Waals surface area contributed by atoms with E-state index in [1.54, 1.807) is 5.43 Å². The van der Waals surface area contributed by atoms with Gasteiger partial charge in [-0.2, -0.15) is 6.41 Å². The van der Waals surface area contributed by atoms with E-state index in [1.807, 2.05) is 0 Å². The van der Waals surface area contributed by atoms with Crippen LogP contribution < -0.4 is 11.3 Å². The van der Waals surface area contributed by atoms with Crippen LogP contribution in [0.2, 0.25) is 0 Å². The molecule has 0 fully saturated rings. The second-order valence-electron chi connectivity index (χ2n) is 0.246. The molecule has 0 aromatic rings. The van der Waals surface area contributed by atoms with Crippen LogP contribution in [0.1, 0.15) is 0 Å². The summed E-state index contributed by atoms with van der Waals surface area (Å²) in [5.41, 5.74) is 1.62. The number of nitrogens with one attached hydrogen (secondary N) is 1. The third-order valence-corrected chi connectivity index (χ3v) is 0.0589. The van der Waals surface area contributed by atoms with Crippen LogP contribution >= 0.6 is 0 Å². The fraction of sp³-hybridized carbons (Fsp3) is 0. The molecule has 4 heteroatoms.